The lowest BCUT2D eigenvalue weighted by Gasteiger charge is -2.26. The lowest BCUT2D eigenvalue weighted by molar-refractivity contribution is -0.128. The minimum atomic E-state index is -3.81. The number of carbonyl (C=O) groups excluding carboxylic acids is 2. The molecule has 2 heterocycles. The topological polar surface area (TPSA) is 105 Å². The predicted octanol–water partition coefficient (Wildman–Crippen LogP) is 2.09. The summed E-state index contributed by atoms with van der Waals surface area (Å²) in [7, 11) is -2.41. The van der Waals surface area contributed by atoms with Gasteiger partial charge in [-0.15, -0.1) is 0 Å². The van der Waals surface area contributed by atoms with E-state index in [2.05, 4.69) is 5.32 Å². The summed E-state index contributed by atoms with van der Waals surface area (Å²) in [6.07, 6.45) is 1.42. The number of amides is 2. The highest BCUT2D eigenvalue weighted by Gasteiger charge is 2.29. The summed E-state index contributed by atoms with van der Waals surface area (Å²) in [5.41, 5.74) is 1.63. The molecule has 0 bridgehead atoms. The Morgan fingerprint density at radius 3 is 2.61 bits per heavy atom. The van der Waals surface area contributed by atoms with Crippen molar-refractivity contribution in [1.82, 2.24) is 9.21 Å². The lowest BCUT2D eigenvalue weighted by atomic mass is 10.1. The van der Waals surface area contributed by atoms with Gasteiger partial charge in [-0.25, -0.2) is 8.42 Å². The molecule has 4 rings (SSSR count). The van der Waals surface area contributed by atoms with Gasteiger partial charge in [0.2, 0.25) is 15.9 Å². The number of methoxy groups -OCH3 is 1. The van der Waals surface area contributed by atoms with Gasteiger partial charge in [0.25, 0.3) is 5.91 Å². The first-order valence-electron chi connectivity index (χ1n) is 10.8. The molecular weight excluding hydrogens is 446 g/mol. The molecule has 2 saturated heterocycles. The van der Waals surface area contributed by atoms with Gasteiger partial charge >= 0.3 is 0 Å². The third kappa shape index (κ3) is 5.18. The minimum Gasteiger partial charge on any atom is -0.495 e. The highest BCUT2D eigenvalue weighted by atomic mass is 32.2. The van der Waals surface area contributed by atoms with Crippen LogP contribution in [0.5, 0.6) is 5.75 Å². The van der Waals surface area contributed by atoms with Gasteiger partial charge in [-0.2, -0.15) is 4.31 Å². The van der Waals surface area contributed by atoms with Gasteiger partial charge in [-0.1, -0.05) is 12.1 Å². The summed E-state index contributed by atoms with van der Waals surface area (Å²) in [5.74, 6) is -0.0432. The summed E-state index contributed by atoms with van der Waals surface area (Å²) in [4.78, 5) is 26.6. The fraction of sp³-hybridized carbons (Fsp3) is 0.391. The van der Waals surface area contributed by atoms with Crippen molar-refractivity contribution in [3.05, 3.63) is 53.6 Å². The molecule has 2 fully saturated rings. The zero-order valence-corrected chi connectivity index (χ0v) is 19.3. The molecule has 10 heteroatoms. The predicted molar refractivity (Wildman–Crippen MR) is 122 cm³/mol. The summed E-state index contributed by atoms with van der Waals surface area (Å²) in [6, 6.07) is 11.6. The Morgan fingerprint density at radius 2 is 1.91 bits per heavy atom. The number of hydrogen-bond acceptors (Lipinski definition) is 6. The fourth-order valence-corrected chi connectivity index (χ4v) is 5.58. The van der Waals surface area contributed by atoms with E-state index in [1.807, 2.05) is 6.07 Å². The first-order valence-corrected chi connectivity index (χ1v) is 12.3. The fourth-order valence-electron chi connectivity index (χ4n) is 3.99. The van der Waals surface area contributed by atoms with Crippen molar-refractivity contribution in [3.8, 4) is 5.75 Å². The van der Waals surface area contributed by atoms with E-state index in [4.69, 9.17) is 9.47 Å². The number of likely N-dealkylation sites (tertiary alicyclic amines) is 1. The zero-order chi connectivity index (χ0) is 23.4. The van der Waals surface area contributed by atoms with E-state index in [0.29, 0.717) is 37.4 Å². The van der Waals surface area contributed by atoms with Gasteiger partial charge in [0.1, 0.15) is 10.6 Å². The van der Waals surface area contributed by atoms with Crippen LogP contribution in [0.4, 0.5) is 5.69 Å². The summed E-state index contributed by atoms with van der Waals surface area (Å²) in [6.45, 7) is 2.36. The largest absolute Gasteiger partial charge is 0.495 e. The molecule has 2 aliphatic rings. The summed E-state index contributed by atoms with van der Waals surface area (Å²) in [5, 5.41) is 2.77. The van der Waals surface area contributed by atoms with Crippen molar-refractivity contribution in [1.29, 1.82) is 0 Å². The van der Waals surface area contributed by atoms with Crippen molar-refractivity contribution < 1.29 is 27.5 Å². The molecule has 2 amide bonds. The molecule has 1 N–H and O–H groups in total. The van der Waals surface area contributed by atoms with Crippen LogP contribution >= 0.6 is 0 Å². The Kier molecular flexibility index (Phi) is 6.96. The summed E-state index contributed by atoms with van der Waals surface area (Å²) >= 11 is 0. The molecule has 33 heavy (non-hydrogen) atoms. The molecule has 0 saturated carbocycles. The molecule has 0 aromatic heterocycles. The molecule has 2 aromatic carbocycles. The first-order chi connectivity index (χ1) is 15.9. The second-order valence-corrected chi connectivity index (χ2v) is 9.86. The van der Waals surface area contributed by atoms with E-state index in [0.717, 1.165) is 18.5 Å². The number of nitrogens with zero attached hydrogens (tertiary/aromatic N) is 2. The van der Waals surface area contributed by atoms with Gasteiger partial charge in [0.05, 0.1) is 20.3 Å². The van der Waals surface area contributed by atoms with Crippen LogP contribution in [0.2, 0.25) is 0 Å². The first kappa shape index (κ1) is 23.2. The number of morpholine rings is 1. The Balaban J connectivity index is 1.53. The van der Waals surface area contributed by atoms with Crippen LogP contribution in [0.25, 0.3) is 0 Å². The standard InChI is InChI=1S/C23H27N3O6S/c1-31-20-8-7-19(15-21(20)33(29,30)26-10-12-32-13-11-26)24-23(28)18-5-2-4-17(14-18)16-25-9-3-6-22(25)27/h2,4-5,7-8,14-15H,3,6,9-13,16H2,1H3,(H,24,28). The Labute approximate surface area is 193 Å². The van der Waals surface area contributed by atoms with E-state index >= 15 is 0 Å². The SMILES string of the molecule is COc1ccc(NC(=O)c2cccc(CN3CCCC3=O)c2)cc1S(=O)(=O)N1CCOCC1. The average Bonchev–Trinajstić information content (AvgIpc) is 3.24. The van der Waals surface area contributed by atoms with Crippen LogP contribution < -0.4 is 10.1 Å². The lowest BCUT2D eigenvalue weighted by Crippen LogP contribution is -2.40. The zero-order valence-electron chi connectivity index (χ0n) is 18.5. The number of rotatable bonds is 7. The molecule has 0 unspecified atom stereocenters. The quantitative estimate of drug-likeness (QED) is 0.660. The molecule has 0 spiro atoms. The van der Waals surface area contributed by atoms with Crippen molar-refractivity contribution in [2.45, 2.75) is 24.3 Å². The van der Waals surface area contributed by atoms with Crippen LogP contribution in [0.3, 0.4) is 0 Å². The van der Waals surface area contributed by atoms with Crippen molar-refractivity contribution in [2.24, 2.45) is 0 Å². The highest BCUT2D eigenvalue weighted by molar-refractivity contribution is 7.89. The second-order valence-electron chi connectivity index (χ2n) is 7.96. The highest BCUT2D eigenvalue weighted by Crippen LogP contribution is 2.30. The summed E-state index contributed by atoms with van der Waals surface area (Å²) < 4.78 is 38.2. The molecule has 2 aromatic rings. The Morgan fingerprint density at radius 1 is 1.12 bits per heavy atom. The van der Waals surface area contributed by atoms with E-state index in [1.54, 1.807) is 29.2 Å². The molecule has 0 aliphatic carbocycles. The number of anilines is 1. The van der Waals surface area contributed by atoms with Gasteiger partial charge in [0, 0.05) is 43.9 Å². The maximum atomic E-state index is 13.2. The minimum absolute atomic E-state index is 0.00834. The maximum Gasteiger partial charge on any atom is 0.255 e. The Hall–Kier alpha value is -2.95. The van der Waals surface area contributed by atoms with Crippen LogP contribution in [0.15, 0.2) is 47.4 Å². The number of ether oxygens (including phenoxy) is 2. The van der Waals surface area contributed by atoms with Crippen molar-refractivity contribution in [2.75, 3.05) is 45.3 Å². The normalized spacial score (nSPS) is 17.2. The average molecular weight is 474 g/mol. The second kappa shape index (κ2) is 9.90. The number of hydrogen-bond donors (Lipinski definition) is 1. The van der Waals surface area contributed by atoms with E-state index < -0.39 is 10.0 Å². The number of carbonyl (C=O) groups is 2. The van der Waals surface area contributed by atoms with Gasteiger partial charge < -0.3 is 19.7 Å². The number of nitrogens with one attached hydrogen (secondary N) is 1. The third-order valence-electron chi connectivity index (χ3n) is 5.74. The molecule has 0 radical (unpaired) electrons. The van der Waals surface area contributed by atoms with Crippen LogP contribution in [0.1, 0.15) is 28.8 Å². The van der Waals surface area contributed by atoms with Gasteiger partial charge in [-0.05, 0) is 42.3 Å². The smallest absolute Gasteiger partial charge is 0.255 e. The third-order valence-corrected chi connectivity index (χ3v) is 7.66. The van der Waals surface area contributed by atoms with E-state index in [9.17, 15) is 18.0 Å². The number of benzene rings is 2. The van der Waals surface area contributed by atoms with Crippen LogP contribution in [-0.2, 0) is 26.1 Å². The maximum absolute atomic E-state index is 13.2. The van der Waals surface area contributed by atoms with Crippen molar-refractivity contribution >= 4 is 27.5 Å². The molecular formula is C23H27N3O6S. The molecule has 9 nitrogen and oxygen atoms in total. The Bertz CT molecular complexity index is 1140. The van der Waals surface area contributed by atoms with E-state index in [1.165, 1.54) is 23.5 Å². The van der Waals surface area contributed by atoms with Crippen LogP contribution in [0, 0.1) is 0 Å². The molecule has 0 atom stereocenters. The monoisotopic (exact) mass is 473 g/mol. The number of sulfonamides is 1. The molecule has 2 aliphatic heterocycles. The van der Waals surface area contributed by atoms with Crippen molar-refractivity contribution in [3.63, 3.8) is 0 Å². The van der Waals surface area contributed by atoms with E-state index in [-0.39, 0.29) is 35.5 Å². The van der Waals surface area contributed by atoms with Gasteiger partial charge in [0.15, 0.2) is 0 Å². The van der Waals surface area contributed by atoms with Gasteiger partial charge in [-0.3, -0.25) is 9.59 Å². The molecule has 176 valence electrons. The van der Waals surface area contributed by atoms with Crippen LogP contribution in [-0.4, -0.2) is 69.4 Å².